The SMILES string of the molecule is CSc1c(Cl)nc(-c2ccc(NC(=O)Nc3ccc(C=O)cc3)cc2)nc1N1CCOCC1. The average Bonchev–Trinajstić information content (AvgIpc) is 2.85. The molecule has 0 aliphatic carbocycles. The Morgan fingerprint density at radius 1 is 1.03 bits per heavy atom. The van der Waals surface area contributed by atoms with Crippen LogP contribution in [-0.2, 0) is 4.74 Å². The lowest BCUT2D eigenvalue weighted by molar-refractivity contribution is 0.112. The van der Waals surface area contributed by atoms with Gasteiger partial charge in [0, 0.05) is 35.6 Å². The summed E-state index contributed by atoms with van der Waals surface area (Å²) in [4.78, 5) is 35.3. The molecule has 170 valence electrons. The highest BCUT2D eigenvalue weighted by Gasteiger charge is 2.21. The predicted molar refractivity (Wildman–Crippen MR) is 132 cm³/mol. The van der Waals surface area contributed by atoms with Gasteiger partial charge < -0.3 is 20.3 Å². The van der Waals surface area contributed by atoms with Crippen LogP contribution >= 0.6 is 23.4 Å². The Kier molecular flexibility index (Phi) is 7.43. The van der Waals surface area contributed by atoms with Crippen LogP contribution in [0.5, 0.6) is 0 Å². The third-order valence-electron chi connectivity index (χ3n) is 5.03. The van der Waals surface area contributed by atoms with E-state index in [2.05, 4.69) is 20.5 Å². The van der Waals surface area contributed by atoms with Crippen molar-refractivity contribution >= 4 is 52.9 Å². The summed E-state index contributed by atoms with van der Waals surface area (Å²) in [7, 11) is 0. The molecule has 4 rings (SSSR count). The second-order valence-electron chi connectivity index (χ2n) is 7.19. The van der Waals surface area contributed by atoms with Crippen molar-refractivity contribution in [3.8, 4) is 11.4 Å². The number of thioether (sulfide) groups is 1. The maximum absolute atomic E-state index is 12.3. The van der Waals surface area contributed by atoms with E-state index in [1.54, 1.807) is 36.4 Å². The van der Waals surface area contributed by atoms with Crippen LogP contribution in [0.3, 0.4) is 0 Å². The lowest BCUT2D eigenvalue weighted by atomic mass is 10.2. The zero-order chi connectivity index (χ0) is 23.2. The molecule has 1 fully saturated rings. The van der Waals surface area contributed by atoms with Crippen molar-refractivity contribution in [3.63, 3.8) is 0 Å². The minimum absolute atomic E-state index is 0.389. The van der Waals surface area contributed by atoms with E-state index < -0.39 is 0 Å². The summed E-state index contributed by atoms with van der Waals surface area (Å²) in [6.07, 6.45) is 2.71. The molecule has 2 N–H and O–H groups in total. The lowest BCUT2D eigenvalue weighted by Crippen LogP contribution is -2.37. The minimum atomic E-state index is -0.389. The van der Waals surface area contributed by atoms with E-state index in [4.69, 9.17) is 21.3 Å². The number of urea groups is 1. The van der Waals surface area contributed by atoms with Gasteiger partial charge in [0.1, 0.15) is 17.3 Å². The van der Waals surface area contributed by atoms with E-state index in [9.17, 15) is 9.59 Å². The second kappa shape index (κ2) is 10.7. The summed E-state index contributed by atoms with van der Waals surface area (Å²) in [5.41, 5.74) is 2.53. The number of carbonyl (C=O) groups excluding carboxylic acids is 2. The largest absolute Gasteiger partial charge is 0.378 e. The molecule has 0 spiro atoms. The van der Waals surface area contributed by atoms with Crippen LogP contribution < -0.4 is 15.5 Å². The normalized spacial score (nSPS) is 13.5. The van der Waals surface area contributed by atoms with Gasteiger partial charge in [0.25, 0.3) is 0 Å². The Morgan fingerprint density at radius 3 is 2.21 bits per heavy atom. The van der Waals surface area contributed by atoms with E-state index >= 15 is 0 Å². The number of halogens is 1. The number of rotatable bonds is 6. The van der Waals surface area contributed by atoms with Crippen LogP contribution in [0.25, 0.3) is 11.4 Å². The van der Waals surface area contributed by atoms with E-state index in [-0.39, 0.29) is 6.03 Å². The molecule has 8 nitrogen and oxygen atoms in total. The third-order valence-corrected chi connectivity index (χ3v) is 6.20. The molecule has 1 saturated heterocycles. The molecule has 0 radical (unpaired) electrons. The molecule has 1 aliphatic rings. The maximum atomic E-state index is 12.3. The molecular weight excluding hydrogens is 462 g/mol. The van der Waals surface area contributed by atoms with E-state index in [1.807, 2.05) is 18.4 Å². The molecule has 0 atom stereocenters. The highest BCUT2D eigenvalue weighted by Crippen LogP contribution is 2.35. The van der Waals surface area contributed by atoms with Gasteiger partial charge in [-0.2, -0.15) is 0 Å². The zero-order valence-corrected chi connectivity index (χ0v) is 19.4. The quantitative estimate of drug-likeness (QED) is 0.295. The molecule has 2 aromatic carbocycles. The number of nitrogens with one attached hydrogen (secondary N) is 2. The van der Waals surface area contributed by atoms with Gasteiger partial charge in [-0.3, -0.25) is 4.79 Å². The Labute approximate surface area is 200 Å². The number of nitrogens with zero attached hydrogens (tertiary/aromatic N) is 3. The highest BCUT2D eigenvalue weighted by molar-refractivity contribution is 7.98. The molecule has 2 amide bonds. The first-order chi connectivity index (χ1) is 16.1. The van der Waals surface area contributed by atoms with Crippen LogP contribution in [0.1, 0.15) is 10.4 Å². The van der Waals surface area contributed by atoms with Crippen LogP contribution in [0, 0.1) is 0 Å². The standard InChI is InChI=1S/C23H22ClN5O3S/c1-33-19-20(24)27-21(28-22(19)29-10-12-32-13-11-29)16-4-8-18(9-5-16)26-23(31)25-17-6-2-15(14-30)3-7-17/h2-9,14H,10-13H2,1H3,(H2,25,26,31). The smallest absolute Gasteiger partial charge is 0.323 e. The number of benzene rings is 2. The molecular formula is C23H22ClN5O3S. The lowest BCUT2D eigenvalue weighted by Gasteiger charge is -2.29. The molecule has 0 bridgehead atoms. The van der Waals surface area contributed by atoms with Crippen LogP contribution in [0.15, 0.2) is 53.4 Å². The fraction of sp³-hybridized carbons (Fsp3) is 0.217. The van der Waals surface area contributed by atoms with Gasteiger partial charge >= 0.3 is 6.03 Å². The first kappa shape index (κ1) is 23.0. The van der Waals surface area contributed by atoms with Crippen molar-refractivity contribution in [2.24, 2.45) is 0 Å². The number of ether oxygens (including phenoxy) is 1. The number of carbonyl (C=O) groups is 2. The average molecular weight is 484 g/mol. The molecule has 0 saturated carbocycles. The van der Waals surface area contributed by atoms with Crippen LogP contribution in [0.2, 0.25) is 5.15 Å². The van der Waals surface area contributed by atoms with Crippen molar-refractivity contribution < 1.29 is 14.3 Å². The van der Waals surface area contributed by atoms with Crippen molar-refractivity contribution in [2.45, 2.75) is 4.90 Å². The van der Waals surface area contributed by atoms with Gasteiger partial charge in [0.15, 0.2) is 5.82 Å². The summed E-state index contributed by atoms with van der Waals surface area (Å²) < 4.78 is 5.45. The molecule has 10 heteroatoms. The van der Waals surface area contributed by atoms with Crippen LogP contribution in [0.4, 0.5) is 22.0 Å². The highest BCUT2D eigenvalue weighted by atomic mass is 35.5. The zero-order valence-electron chi connectivity index (χ0n) is 17.9. The number of hydrogen-bond acceptors (Lipinski definition) is 7. The Morgan fingerprint density at radius 2 is 1.64 bits per heavy atom. The first-order valence-corrected chi connectivity index (χ1v) is 11.9. The molecule has 33 heavy (non-hydrogen) atoms. The number of hydrogen-bond donors (Lipinski definition) is 2. The van der Waals surface area contributed by atoms with E-state index in [0.717, 1.165) is 35.7 Å². The minimum Gasteiger partial charge on any atom is -0.378 e. The third kappa shape index (κ3) is 5.62. The maximum Gasteiger partial charge on any atom is 0.323 e. The summed E-state index contributed by atoms with van der Waals surface area (Å²) in [6, 6.07) is 13.4. The number of aromatic nitrogens is 2. The molecule has 1 aliphatic heterocycles. The Hall–Kier alpha value is -3.14. The monoisotopic (exact) mass is 483 g/mol. The van der Waals surface area contributed by atoms with Gasteiger partial charge in [-0.05, 0) is 54.8 Å². The fourth-order valence-electron chi connectivity index (χ4n) is 3.35. The topological polar surface area (TPSA) is 96.5 Å². The second-order valence-corrected chi connectivity index (χ2v) is 8.37. The number of aldehydes is 1. The first-order valence-electron chi connectivity index (χ1n) is 10.3. The van der Waals surface area contributed by atoms with E-state index in [1.165, 1.54) is 11.8 Å². The van der Waals surface area contributed by atoms with Crippen molar-refractivity contribution in [2.75, 3.05) is 48.1 Å². The summed E-state index contributed by atoms with van der Waals surface area (Å²) in [5.74, 6) is 1.33. The van der Waals surface area contributed by atoms with Gasteiger partial charge in [0.2, 0.25) is 0 Å². The Bertz CT molecular complexity index is 1140. The fourth-order valence-corrected chi connectivity index (χ4v) is 4.31. The molecule has 2 heterocycles. The van der Waals surface area contributed by atoms with Gasteiger partial charge in [0.05, 0.1) is 18.1 Å². The van der Waals surface area contributed by atoms with Crippen molar-refractivity contribution in [1.29, 1.82) is 0 Å². The molecule has 1 aromatic heterocycles. The summed E-state index contributed by atoms with van der Waals surface area (Å²) >= 11 is 8.01. The molecule has 3 aromatic rings. The van der Waals surface area contributed by atoms with E-state index in [0.29, 0.717) is 41.1 Å². The van der Waals surface area contributed by atoms with Gasteiger partial charge in [-0.25, -0.2) is 14.8 Å². The number of amides is 2. The Balaban J connectivity index is 1.48. The molecule has 0 unspecified atom stereocenters. The van der Waals surface area contributed by atoms with Gasteiger partial charge in [-0.15, -0.1) is 11.8 Å². The van der Waals surface area contributed by atoms with Crippen LogP contribution in [-0.4, -0.2) is 54.8 Å². The number of anilines is 3. The predicted octanol–water partition coefficient (Wildman–Crippen LogP) is 4.81. The van der Waals surface area contributed by atoms with Crippen molar-refractivity contribution in [1.82, 2.24) is 9.97 Å². The van der Waals surface area contributed by atoms with Crippen molar-refractivity contribution in [3.05, 3.63) is 59.2 Å². The number of morpholine rings is 1. The summed E-state index contributed by atoms with van der Waals surface area (Å²) in [6.45, 7) is 2.79. The summed E-state index contributed by atoms with van der Waals surface area (Å²) in [5, 5.41) is 5.92. The van der Waals surface area contributed by atoms with Gasteiger partial charge in [-0.1, -0.05) is 11.6 Å².